The van der Waals surface area contributed by atoms with Gasteiger partial charge in [-0.25, -0.2) is 0 Å². The number of anilines is 1. The van der Waals surface area contributed by atoms with Crippen molar-refractivity contribution in [2.24, 2.45) is 0 Å². The number of nitrogens with one attached hydrogen (secondary N) is 1. The number of benzene rings is 1. The quantitative estimate of drug-likeness (QED) is 0.909. The van der Waals surface area contributed by atoms with Crippen molar-refractivity contribution in [3.05, 3.63) is 51.7 Å². The van der Waals surface area contributed by atoms with Crippen LogP contribution in [0, 0.1) is 6.92 Å². The minimum atomic E-state index is -0.770. The molecule has 0 saturated heterocycles. The largest absolute Gasteiger partial charge is 0.481 e. The Kier molecular flexibility index (Phi) is 3.29. The Morgan fingerprint density at radius 1 is 1.14 bits per heavy atom. The fourth-order valence-corrected chi connectivity index (χ4v) is 3.14. The normalized spacial score (nSPS) is 15.5. The van der Waals surface area contributed by atoms with Gasteiger partial charge in [-0.05, 0) is 49.6 Å². The monoisotopic (exact) mass is 301 g/mol. The molecule has 4 nitrogen and oxygen atoms in total. The molecule has 1 aliphatic carbocycles. The van der Waals surface area contributed by atoms with Crippen molar-refractivity contribution < 1.29 is 14.7 Å². The van der Waals surface area contributed by atoms with Gasteiger partial charge in [0.15, 0.2) is 0 Å². The maximum absolute atomic E-state index is 12.0. The Labute approximate surface area is 126 Å². The zero-order valence-electron chi connectivity index (χ0n) is 11.6. The lowest BCUT2D eigenvalue weighted by Gasteiger charge is -2.11. The number of carboxylic acid groups (broad SMARTS) is 1. The van der Waals surface area contributed by atoms with Gasteiger partial charge in [0.1, 0.15) is 0 Å². The number of carbonyl (C=O) groups excluding carboxylic acids is 1. The van der Waals surface area contributed by atoms with E-state index >= 15 is 0 Å². The van der Waals surface area contributed by atoms with Crippen LogP contribution >= 0.6 is 11.3 Å². The fourth-order valence-electron chi connectivity index (χ4n) is 2.37. The average Bonchev–Trinajstić information content (AvgIpc) is 3.16. The van der Waals surface area contributed by atoms with Gasteiger partial charge in [-0.15, -0.1) is 11.3 Å². The summed E-state index contributed by atoms with van der Waals surface area (Å²) >= 11 is 1.45. The van der Waals surface area contributed by atoms with Gasteiger partial charge in [-0.1, -0.05) is 12.1 Å². The Hall–Kier alpha value is -2.14. The van der Waals surface area contributed by atoms with Gasteiger partial charge < -0.3 is 10.4 Å². The van der Waals surface area contributed by atoms with Crippen LogP contribution in [0.3, 0.4) is 0 Å². The molecule has 1 saturated carbocycles. The first-order chi connectivity index (χ1) is 10.0. The topological polar surface area (TPSA) is 66.4 Å². The lowest BCUT2D eigenvalue weighted by Crippen LogP contribution is -2.19. The Morgan fingerprint density at radius 3 is 2.29 bits per heavy atom. The number of thiophene rings is 1. The summed E-state index contributed by atoms with van der Waals surface area (Å²) < 4.78 is 0. The van der Waals surface area contributed by atoms with E-state index in [1.165, 1.54) is 11.3 Å². The number of hydrogen-bond acceptors (Lipinski definition) is 3. The zero-order chi connectivity index (χ0) is 15.0. The maximum atomic E-state index is 12.0. The smallest absolute Gasteiger partial charge is 0.314 e. The number of carbonyl (C=O) groups is 2. The van der Waals surface area contributed by atoms with Gasteiger partial charge in [0, 0.05) is 10.6 Å². The number of carboxylic acids is 1. The average molecular weight is 301 g/mol. The summed E-state index contributed by atoms with van der Waals surface area (Å²) in [5, 5.41) is 12.1. The van der Waals surface area contributed by atoms with Crippen LogP contribution in [0.4, 0.5) is 5.69 Å². The van der Waals surface area contributed by atoms with Gasteiger partial charge >= 0.3 is 5.97 Å². The molecular weight excluding hydrogens is 286 g/mol. The van der Waals surface area contributed by atoms with E-state index in [1.807, 2.05) is 13.0 Å². The molecule has 2 N–H and O–H groups in total. The summed E-state index contributed by atoms with van der Waals surface area (Å²) in [6.07, 6.45) is 1.37. The molecule has 3 rings (SSSR count). The van der Waals surface area contributed by atoms with E-state index in [0.29, 0.717) is 23.4 Å². The second-order valence-corrected chi connectivity index (χ2v) is 6.62. The number of hydrogen-bond donors (Lipinski definition) is 2. The molecule has 1 aromatic heterocycles. The van der Waals surface area contributed by atoms with E-state index in [4.69, 9.17) is 0 Å². The molecule has 0 aliphatic heterocycles. The summed E-state index contributed by atoms with van der Waals surface area (Å²) in [7, 11) is 0. The Balaban J connectivity index is 1.73. The molecule has 0 unspecified atom stereocenters. The van der Waals surface area contributed by atoms with Crippen molar-refractivity contribution in [3.63, 3.8) is 0 Å². The third-order valence-corrected chi connectivity index (χ3v) is 4.82. The lowest BCUT2D eigenvalue weighted by molar-refractivity contribution is -0.140. The molecule has 21 heavy (non-hydrogen) atoms. The first kappa shape index (κ1) is 13.8. The summed E-state index contributed by atoms with van der Waals surface area (Å²) in [5.74, 6) is -0.909. The Morgan fingerprint density at radius 2 is 1.81 bits per heavy atom. The van der Waals surface area contributed by atoms with Crippen LogP contribution in [0.5, 0.6) is 0 Å². The molecule has 1 fully saturated rings. The third kappa shape index (κ3) is 2.56. The highest BCUT2D eigenvalue weighted by molar-refractivity contribution is 7.14. The highest BCUT2D eigenvalue weighted by Crippen LogP contribution is 2.48. The molecule has 1 aromatic carbocycles. The first-order valence-corrected chi connectivity index (χ1v) is 7.55. The molecule has 0 bridgehead atoms. The number of amides is 1. The lowest BCUT2D eigenvalue weighted by atomic mass is 9.96. The molecule has 0 spiro atoms. The van der Waals surface area contributed by atoms with Crippen molar-refractivity contribution in [3.8, 4) is 0 Å². The fraction of sp³-hybridized carbons (Fsp3) is 0.250. The predicted molar refractivity (Wildman–Crippen MR) is 82.0 cm³/mol. The van der Waals surface area contributed by atoms with E-state index < -0.39 is 11.4 Å². The number of aliphatic carboxylic acids is 1. The van der Waals surface area contributed by atoms with Crippen molar-refractivity contribution in [2.45, 2.75) is 25.2 Å². The number of rotatable bonds is 4. The van der Waals surface area contributed by atoms with E-state index in [9.17, 15) is 14.7 Å². The molecule has 0 atom stereocenters. The zero-order valence-corrected chi connectivity index (χ0v) is 12.4. The molecule has 2 aromatic rings. The summed E-state index contributed by atoms with van der Waals surface area (Å²) in [6, 6.07) is 10.8. The van der Waals surface area contributed by atoms with E-state index in [2.05, 4.69) is 5.32 Å². The highest BCUT2D eigenvalue weighted by atomic mass is 32.1. The van der Waals surface area contributed by atoms with Gasteiger partial charge in [0.05, 0.1) is 10.3 Å². The second-order valence-electron chi connectivity index (χ2n) is 5.33. The third-order valence-electron chi connectivity index (χ3n) is 3.82. The van der Waals surface area contributed by atoms with Gasteiger partial charge in [-0.2, -0.15) is 0 Å². The number of aryl methyl sites for hydroxylation is 1. The van der Waals surface area contributed by atoms with Crippen LogP contribution in [0.15, 0.2) is 36.4 Å². The Bertz CT molecular complexity index is 699. The molecule has 1 aliphatic rings. The molecule has 108 valence electrons. The predicted octanol–water partition coefficient (Wildman–Crippen LogP) is 3.43. The van der Waals surface area contributed by atoms with Gasteiger partial charge in [-0.3, -0.25) is 9.59 Å². The van der Waals surface area contributed by atoms with Crippen molar-refractivity contribution >= 4 is 28.9 Å². The molecule has 5 heteroatoms. The maximum Gasteiger partial charge on any atom is 0.314 e. The summed E-state index contributed by atoms with van der Waals surface area (Å²) in [6.45, 7) is 1.96. The summed E-state index contributed by atoms with van der Waals surface area (Å²) in [5.41, 5.74) is 0.781. The van der Waals surface area contributed by atoms with Crippen molar-refractivity contribution in [1.29, 1.82) is 0 Å². The second kappa shape index (κ2) is 5.00. The van der Waals surface area contributed by atoms with Crippen LogP contribution in [0.2, 0.25) is 0 Å². The minimum Gasteiger partial charge on any atom is -0.481 e. The van der Waals surface area contributed by atoms with Gasteiger partial charge in [0.25, 0.3) is 5.91 Å². The highest BCUT2D eigenvalue weighted by Gasteiger charge is 2.51. The first-order valence-electron chi connectivity index (χ1n) is 6.73. The van der Waals surface area contributed by atoms with Crippen LogP contribution in [0.1, 0.15) is 33.0 Å². The summed E-state index contributed by atoms with van der Waals surface area (Å²) in [4.78, 5) is 25.1. The molecular formula is C16H15NO3S. The van der Waals surface area contributed by atoms with Crippen LogP contribution in [-0.4, -0.2) is 17.0 Å². The SMILES string of the molecule is Cc1ccc(C(=O)Nc2ccc(C3(C(=O)O)CC3)cc2)s1. The van der Waals surface area contributed by atoms with Gasteiger partial charge in [0.2, 0.25) is 0 Å². The van der Waals surface area contributed by atoms with Crippen LogP contribution < -0.4 is 5.32 Å². The minimum absolute atomic E-state index is 0.139. The van der Waals surface area contributed by atoms with E-state index in [1.54, 1.807) is 30.3 Å². The molecule has 0 radical (unpaired) electrons. The van der Waals surface area contributed by atoms with Crippen molar-refractivity contribution in [1.82, 2.24) is 0 Å². The van der Waals surface area contributed by atoms with E-state index in [-0.39, 0.29) is 5.91 Å². The van der Waals surface area contributed by atoms with Crippen LogP contribution in [0.25, 0.3) is 0 Å². The molecule has 1 amide bonds. The van der Waals surface area contributed by atoms with Crippen molar-refractivity contribution in [2.75, 3.05) is 5.32 Å². The molecule has 1 heterocycles. The van der Waals surface area contributed by atoms with E-state index in [0.717, 1.165) is 10.4 Å². The van der Waals surface area contributed by atoms with Crippen LogP contribution in [-0.2, 0) is 10.2 Å². The standard InChI is InChI=1S/C16H15NO3S/c1-10-2-7-13(21-10)14(18)17-12-5-3-11(4-6-12)16(8-9-16)15(19)20/h2-7H,8-9H2,1H3,(H,17,18)(H,19,20).